The minimum Gasteiger partial charge on any atom is -0.444 e. The van der Waals surface area contributed by atoms with E-state index in [0.717, 1.165) is 28.1 Å². The molecule has 0 aliphatic carbocycles. The third kappa shape index (κ3) is 3.73. The van der Waals surface area contributed by atoms with E-state index in [1.165, 1.54) is 0 Å². The van der Waals surface area contributed by atoms with E-state index in [9.17, 15) is 10.1 Å². The van der Waals surface area contributed by atoms with Crippen LogP contribution in [0.2, 0.25) is 0 Å². The third-order valence-electron chi connectivity index (χ3n) is 4.50. The van der Waals surface area contributed by atoms with E-state index in [4.69, 9.17) is 8.83 Å². The number of aromatic nitrogens is 2. The average Bonchev–Trinajstić information content (AvgIpc) is 3.30. The number of nitrogens with one attached hydrogen (secondary N) is 1. The van der Waals surface area contributed by atoms with Gasteiger partial charge in [0, 0.05) is 11.1 Å². The van der Waals surface area contributed by atoms with E-state index in [0.29, 0.717) is 22.8 Å². The molecule has 1 amide bonds. The molecule has 1 N–H and O–H groups in total. The van der Waals surface area contributed by atoms with Crippen molar-refractivity contribution in [2.45, 2.75) is 19.1 Å². The number of nitriles is 1. The van der Waals surface area contributed by atoms with Gasteiger partial charge in [0.15, 0.2) is 0 Å². The van der Waals surface area contributed by atoms with Crippen molar-refractivity contribution < 1.29 is 13.6 Å². The van der Waals surface area contributed by atoms with Crippen LogP contribution in [0.1, 0.15) is 16.9 Å². The predicted octanol–water partition coefficient (Wildman–Crippen LogP) is 4.70. The van der Waals surface area contributed by atoms with Gasteiger partial charge in [-0.2, -0.15) is 5.26 Å². The number of furan rings is 1. The second kappa shape index (κ2) is 7.81. The zero-order valence-electron chi connectivity index (χ0n) is 15.7. The molecule has 0 unspecified atom stereocenters. The molecule has 8 heteroatoms. The number of carbonyl (C=O) groups is 1. The lowest BCUT2D eigenvalue weighted by atomic mass is 10.0. The Morgan fingerprint density at radius 1 is 1.14 bits per heavy atom. The highest BCUT2D eigenvalue weighted by Crippen LogP contribution is 2.30. The third-order valence-corrected chi connectivity index (χ3v) is 5.32. The summed E-state index contributed by atoms with van der Waals surface area (Å²) >= 11 is 1.12. The molecular weight excluding hydrogens is 388 g/mol. The van der Waals surface area contributed by atoms with Gasteiger partial charge in [0.25, 0.3) is 5.22 Å². The monoisotopic (exact) mass is 404 g/mol. The summed E-state index contributed by atoms with van der Waals surface area (Å²) in [6.45, 7) is 3.52. The highest BCUT2D eigenvalue weighted by atomic mass is 32.2. The van der Waals surface area contributed by atoms with Gasteiger partial charge >= 0.3 is 0 Å². The first-order valence-electron chi connectivity index (χ1n) is 8.81. The lowest BCUT2D eigenvalue weighted by Gasteiger charge is -2.02. The van der Waals surface area contributed by atoms with Crippen LogP contribution in [0.25, 0.3) is 22.2 Å². The molecule has 2 aromatic heterocycles. The van der Waals surface area contributed by atoms with Crippen molar-refractivity contribution in [2.24, 2.45) is 0 Å². The van der Waals surface area contributed by atoms with Crippen molar-refractivity contribution in [1.82, 2.24) is 10.2 Å². The highest BCUT2D eigenvalue weighted by molar-refractivity contribution is 7.99. The largest absolute Gasteiger partial charge is 0.444 e. The van der Waals surface area contributed by atoms with Crippen LogP contribution < -0.4 is 5.32 Å². The van der Waals surface area contributed by atoms with E-state index >= 15 is 0 Å². The molecule has 0 spiro atoms. The van der Waals surface area contributed by atoms with Crippen LogP contribution in [0.4, 0.5) is 5.88 Å². The van der Waals surface area contributed by atoms with Crippen LogP contribution in [0.3, 0.4) is 0 Å². The number of amides is 1. The maximum Gasteiger partial charge on any atom is 0.277 e. The van der Waals surface area contributed by atoms with Gasteiger partial charge in [0.2, 0.25) is 17.7 Å². The smallest absolute Gasteiger partial charge is 0.277 e. The number of aryl methyl sites for hydroxylation is 1. The summed E-state index contributed by atoms with van der Waals surface area (Å²) in [6.07, 6.45) is 0. The molecule has 0 saturated carbocycles. The van der Waals surface area contributed by atoms with Crippen molar-refractivity contribution in [3.63, 3.8) is 0 Å². The molecule has 144 valence electrons. The van der Waals surface area contributed by atoms with Gasteiger partial charge in [0.05, 0.1) is 5.75 Å². The number of anilines is 1. The van der Waals surface area contributed by atoms with E-state index in [1.807, 2.05) is 48.5 Å². The summed E-state index contributed by atoms with van der Waals surface area (Å²) in [5, 5.41) is 22.3. The summed E-state index contributed by atoms with van der Waals surface area (Å²) in [5.74, 6) is 0.871. The number of benzene rings is 2. The molecular formula is C21H16N4O3S. The molecule has 29 heavy (non-hydrogen) atoms. The van der Waals surface area contributed by atoms with Gasteiger partial charge in [-0.3, -0.25) is 10.1 Å². The first-order valence-corrected chi connectivity index (χ1v) is 9.79. The quantitative estimate of drug-likeness (QED) is 0.481. The van der Waals surface area contributed by atoms with Gasteiger partial charge in [-0.15, -0.1) is 10.2 Å². The lowest BCUT2D eigenvalue weighted by Crippen LogP contribution is -2.14. The summed E-state index contributed by atoms with van der Waals surface area (Å²) < 4.78 is 11.2. The molecule has 4 rings (SSSR count). The highest BCUT2D eigenvalue weighted by Gasteiger charge is 2.18. The lowest BCUT2D eigenvalue weighted by molar-refractivity contribution is -0.113. The van der Waals surface area contributed by atoms with Gasteiger partial charge in [-0.05, 0) is 30.7 Å². The van der Waals surface area contributed by atoms with Crippen LogP contribution >= 0.6 is 11.8 Å². The molecule has 0 saturated heterocycles. The standard InChI is InChI=1S/C21H16N4O3S/c1-12-13(2)27-19(17(12)10-22)23-18(26)11-29-21-25-24-20(28-21)16-9-5-7-14-6-3-4-8-15(14)16/h3-9H,11H2,1-2H3,(H,23,26). The molecule has 0 aliphatic rings. The molecule has 4 aromatic rings. The van der Waals surface area contributed by atoms with Crippen molar-refractivity contribution in [3.05, 3.63) is 59.4 Å². The van der Waals surface area contributed by atoms with Crippen LogP contribution in [0, 0.1) is 25.2 Å². The summed E-state index contributed by atoms with van der Waals surface area (Å²) in [5.41, 5.74) is 1.89. The van der Waals surface area contributed by atoms with Crippen LogP contribution in [0.15, 0.2) is 56.5 Å². The SMILES string of the molecule is Cc1oc(NC(=O)CSc2nnc(-c3cccc4ccccc34)o2)c(C#N)c1C. The minimum absolute atomic E-state index is 0.0425. The number of hydrogen-bond acceptors (Lipinski definition) is 7. The van der Waals surface area contributed by atoms with Crippen molar-refractivity contribution in [2.75, 3.05) is 11.1 Å². The Hall–Kier alpha value is -3.57. The van der Waals surface area contributed by atoms with Crippen molar-refractivity contribution in [1.29, 1.82) is 5.26 Å². The molecule has 2 aromatic carbocycles. The van der Waals surface area contributed by atoms with E-state index in [2.05, 4.69) is 15.5 Å². The minimum atomic E-state index is -0.329. The fourth-order valence-corrected chi connectivity index (χ4v) is 3.49. The number of thioether (sulfide) groups is 1. The van der Waals surface area contributed by atoms with Gasteiger partial charge in [0.1, 0.15) is 17.4 Å². The van der Waals surface area contributed by atoms with Gasteiger partial charge in [-0.25, -0.2) is 0 Å². The first-order chi connectivity index (χ1) is 14.1. The molecule has 0 fully saturated rings. The maximum absolute atomic E-state index is 12.2. The zero-order valence-corrected chi connectivity index (χ0v) is 16.5. The molecule has 0 bridgehead atoms. The number of nitrogens with zero attached hydrogens (tertiary/aromatic N) is 3. The van der Waals surface area contributed by atoms with Crippen LogP contribution in [-0.4, -0.2) is 21.9 Å². The topological polar surface area (TPSA) is 105 Å². The molecule has 0 aliphatic heterocycles. The number of fused-ring (bicyclic) bond motifs is 1. The Kier molecular flexibility index (Phi) is 5.06. The molecule has 0 atom stereocenters. The Bertz CT molecular complexity index is 1250. The van der Waals surface area contributed by atoms with Crippen molar-refractivity contribution in [3.8, 4) is 17.5 Å². The van der Waals surface area contributed by atoms with Crippen molar-refractivity contribution >= 4 is 34.3 Å². The Labute approximate surface area is 170 Å². The normalized spacial score (nSPS) is 10.8. The van der Waals surface area contributed by atoms with Gasteiger partial charge in [-0.1, -0.05) is 48.2 Å². The summed E-state index contributed by atoms with van der Waals surface area (Å²) in [7, 11) is 0. The molecule has 0 radical (unpaired) electrons. The number of carbonyl (C=O) groups excluding carboxylic acids is 1. The fraction of sp³-hybridized carbons (Fsp3) is 0.143. The van der Waals surface area contributed by atoms with Gasteiger partial charge < -0.3 is 8.83 Å². The first kappa shape index (κ1) is 18.8. The Morgan fingerprint density at radius 2 is 1.93 bits per heavy atom. The molecule has 2 heterocycles. The maximum atomic E-state index is 12.2. The second-order valence-electron chi connectivity index (χ2n) is 6.34. The van der Waals surface area contributed by atoms with E-state index in [-0.39, 0.29) is 22.8 Å². The average molecular weight is 404 g/mol. The number of rotatable bonds is 5. The van der Waals surface area contributed by atoms with Crippen LogP contribution in [-0.2, 0) is 4.79 Å². The van der Waals surface area contributed by atoms with Crippen LogP contribution in [0.5, 0.6) is 0 Å². The molecule has 7 nitrogen and oxygen atoms in total. The van der Waals surface area contributed by atoms with E-state index < -0.39 is 0 Å². The predicted molar refractivity (Wildman–Crippen MR) is 109 cm³/mol. The Balaban J connectivity index is 1.45. The summed E-state index contributed by atoms with van der Waals surface area (Å²) in [6, 6.07) is 15.8. The fourth-order valence-electron chi connectivity index (χ4n) is 2.93. The zero-order chi connectivity index (χ0) is 20.4. The Morgan fingerprint density at radius 3 is 2.76 bits per heavy atom. The van der Waals surface area contributed by atoms with E-state index in [1.54, 1.807) is 13.8 Å². The summed E-state index contributed by atoms with van der Waals surface area (Å²) in [4.78, 5) is 12.2. The second-order valence-corrected chi connectivity index (χ2v) is 7.26. The number of hydrogen-bond donors (Lipinski definition) is 1.